The lowest BCUT2D eigenvalue weighted by Crippen LogP contribution is -2.47. The summed E-state index contributed by atoms with van der Waals surface area (Å²) in [6.07, 6.45) is 11.6. The van der Waals surface area contributed by atoms with Crippen LogP contribution in [0.1, 0.15) is 72.1 Å². The Balaban J connectivity index is 1.88. The van der Waals surface area contributed by atoms with E-state index >= 15 is 0 Å². The molecule has 1 N–H and O–H groups in total. The van der Waals surface area contributed by atoms with Gasteiger partial charge in [-0.3, -0.25) is 0 Å². The van der Waals surface area contributed by atoms with Crippen molar-refractivity contribution in [3.05, 3.63) is 0 Å². The average molecular weight is 267 g/mol. The molecule has 0 saturated heterocycles. The largest absolute Gasteiger partial charge is 0.373 e. The normalized spacial score (nSPS) is 40.3. The Bertz CT molecular complexity index is 256. The van der Waals surface area contributed by atoms with Crippen LogP contribution in [0.5, 0.6) is 0 Å². The number of hydrogen-bond donors (Lipinski definition) is 1. The maximum Gasteiger partial charge on any atom is 0.0734 e. The fourth-order valence-electron chi connectivity index (χ4n) is 3.98. The summed E-state index contributed by atoms with van der Waals surface area (Å²) in [5, 5.41) is 3.65. The zero-order valence-corrected chi connectivity index (χ0v) is 13.2. The predicted octanol–water partition coefficient (Wildman–Crippen LogP) is 4.14. The Labute approximate surface area is 119 Å². The molecule has 2 rings (SSSR count). The lowest BCUT2D eigenvalue weighted by Gasteiger charge is -2.39. The van der Waals surface area contributed by atoms with E-state index in [0.717, 1.165) is 18.4 Å². The number of rotatable bonds is 5. The van der Waals surface area contributed by atoms with Crippen molar-refractivity contribution in [2.45, 2.75) is 90.4 Å². The summed E-state index contributed by atoms with van der Waals surface area (Å²) >= 11 is 0. The Morgan fingerprint density at radius 3 is 2.58 bits per heavy atom. The van der Waals surface area contributed by atoms with Gasteiger partial charge < -0.3 is 10.1 Å². The smallest absolute Gasteiger partial charge is 0.0734 e. The van der Waals surface area contributed by atoms with E-state index in [9.17, 15) is 0 Å². The molecule has 0 aromatic rings. The standard InChI is InChI=1S/C17H33NO/c1-4-14-9-10-16(18-5-2)17(12-14)19-15-8-6-7-13(3)11-15/h13-18H,4-12H2,1-3H3. The topological polar surface area (TPSA) is 21.3 Å². The van der Waals surface area contributed by atoms with Crippen LogP contribution in [-0.2, 0) is 4.74 Å². The summed E-state index contributed by atoms with van der Waals surface area (Å²) in [5.74, 6) is 1.75. The molecule has 2 aliphatic carbocycles. The van der Waals surface area contributed by atoms with Crippen molar-refractivity contribution in [2.24, 2.45) is 11.8 Å². The van der Waals surface area contributed by atoms with Crippen LogP contribution in [0, 0.1) is 11.8 Å². The van der Waals surface area contributed by atoms with Crippen molar-refractivity contribution in [3.63, 3.8) is 0 Å². The molecule has 0 spiro atoms. The highest BCUT2D eigenvalue weighted by Gasteiger charge is 2.32. The molecular weight excluding hydrogens is 234 g/mol. The lowest BCUT2D eigenvalue weighted by atomic mass is 9.81. The van der Waals surface area contributed by atoms with Crippen molar-refractivity contribution < 1.29 is 4.74 Å². The first kappa shape index (κ1) is 15.3. The zero-order valence-electron chi connectivity index (χ0n) is 13.2. The molecule has 2 fully saturated rings. The third kappa shape index (κ3) is 4.46. The van der Waals surface area contributed by atoms with Crippen LogP contribution in [0.25, 0.3) is 0 Å². The highest BCUT2D eigenvalue weighted by Crippen LogP contribution is 2.33. The summed E-state index contributed by atoms with van der Waals surface area (Å²) in [6, 6.07) is 0.602. The van der Waals surface area contributed by atoms with E-state index in [2.05, 4.69) is 26.1 Å². The van der Waals surface area contributed by atoms with Crippen LogP contribution < -0.4 is 5.32 Å². The van der Waals surface area contributed by atoms with Crippen molar-refractivity contribution in [1.29, 1.82) is 0 Å². The monoisotopic (exact) mass is 267 g/mol. The van der Waals surface area contributed by atoms with Crippen LogP contribution in [0.3, 0.4) is 0 Å². The van der Waals surface area contributed by atoms with Crippen LogP contribution in [-0.4, -0.2) is 24.8 Å². The summed E-state index contributed by atoms with van der Waals surface area (Å²) < 4.78 is 6.54. The van der Waals surface area contributed by atoms with Crippen LogP contribution >= 0.6 is 0 Å². The minimum Gasteiger partial charge on any atom is -0.373 e. The summed E-state index contributed by atoms with van der Waals surface area (Å²) in [6.45, 7) is 8.00. The molecule has 0 aromatic heterocycles. The van der Waals surface area contributed by atoms with E-state index in [-0.39, 0.29) is 0 Å². The van der Waals surface area contributed by atoms with Crippen molar-refractivity contribution in [2.75, 3.05) is 6.54 Å². The molecule has 112 valence electrons. The number of ether oxygens (including phenoxy) is 1. The van der Waals surface area contributed by atoms with E-state index < -0.39 is 0 Å². The van der Waals surface area contributed by atoms with E-state index in [1.54, 1.807) is 0 Å². The highest BCUT2D eigenvalue weighted by atomic mass is 16.5. The van der Waals surface area contributed by atoms with Gasteiger partial charge in [0.2, 0.25) is 0 Å². The number of likely N-dealkylation sites (N-methyl/N-ethyl adjacent to an activating group) is 1. The second-order valence-electron chi connectivity index (χ2n) is 6.82. The molecule has 0 radical (unpaired) electrons. The molecule has 2 aliphatic rings. The molecule has 0 heterocycles. The molecule has 0 aliphatic heterocycles. The second-order valence-corrected chi connectivity index (χ2v) is 6.82. The van der Waals surface area contributed by atoms with Gasteiger partial charge in [-0.1, -0.05) is 40.0 Å². The van der Waals surface area contributed by atoms with Crippen LogP contribution in [0.2, 0.25) is 0 Å². The van der Waals surface area contributed by atoms with E-state index in [0.29, 0.717) is 18.2 Å². The van der Waals surface area contributed by atoms with Gasteiger partial charge in [0.1, 0.15) is 0 Å². The average Bonchev–Trinajstić information content (AvgIpc) is 2.41. The molecule has 2 heteroatoms. The minimum absolute atomic E-state index is 0.467. The predicted molar refractivity (Wildman–Crippen MR) is 81.4 cm³/mol. The highest BCUT2D eigenvalue weighted by molar-refractivity contribution is 4.86. The van der Waals surface area contributed by atoms with Gasteiger partial charge in [-0.15, -0.1) is 0 Å². The molecule has 0 aromatic carbocycles. The van der Waals surface area contributed by atoms with E-state index in [4.69, 9.17) is 4.74 Å². The summed E-state index contributed by atoms with van der Waals surface area (Å²) in [5.41, 5.74) is 0. The first-order valence-corrected chi connectivity index (χ1v) is 8.61. The van der Waals surface area contributed by atoms with Crippen molar-refractivity contribution in [3.8, 4) is 0 Å². The fraction of sp³-hybridized carbons (Fsp3) is 1.00. The molecular formula is C17H33NO. The summed E-state index contributed by atoms with van der Waals surface area (Å²) in [4.78, 5) is 0. The van der Waals surface area contributed by atoms with Gasteiger partial charge in [-0.05, 0) is 50.5 Å². The quantitative estimate of drug-likeness (QED) is 0.808. The van der Waals surface area contributed by atoms with Gasteiger partial charge in [0, 0.05) is 6.04 Å². The maximum absolute atomic E-state index is 6.54. The van der Waals surface area contributed by atoms with Gasteiger partial charge in [0.15, 0.2) is 0 Å². The van der Waals surface area contributed by atoms with Gasteiger partial charge in [-0.25, -0.2) is 0 Å². The van der Waals surface area contributed by atoms with Crippen molar-refractivity contribution >= 4 is 0 Å². The Hall–Kier alpha value is -0.0800. The zero-order chi connectivity index (χ0) is 13.7. The molecule has 0 bridgehead atoms. The Kier molecular flexibility index (Phi) is 6.15. The van der Waals surface area contributed by atoms with Gasteiger partial charge in [-0.2, -0.15) is 0 Å². The SMILES string of the molecule is CCNC1CCC(CC)CC1OC1CCCC(C)C1. The van der Waals surface area contributed by atoms with Gasteiger partial charge in [0.25, 0.3) is 0 Å². The molecule has 5 unspecified atom stereocenters. The molecule has 19 heavy (non-hydrogen) atoms. The van der Waals surface area contributed by atoms with Gasteiger partial charge in [0.05, 0.1) is 12.2 Å². The number of nitrogens with one attached hydrogen (secondary N) is 1. The minimum atomic E-state index is 0.467. The molecule has 0 amide bonds. The molecule has 2 saturated carbocycles. The van der Waals surface area contributed by atoms with E-state index in [1.807, 2.05) is 0 Å². The number of hydrogen-bond acceptors (Lipinski definition) is 2. The van der Waals surface area contributed by atoms with E-state index in [1.165, 1.54) is 51.4 Å². The Morgan fingerprint density at radius 2 is 1.89 bits per heavy atom. The van der Waals surface area contributed by atoms with Crippen molar-refractivity contribution in [1.82, 2.24) is 5.32 Å². The molecule has 5 atom stereocenters. The van der Waals surface area contributed by atoms with Crippen LogP contribution in [0.4, 0.5) is 0 Å². The van der Waals surface area contributed by atoms with Crippen LogP contribution in [0.15, 0.2) is 0 Å². The first-order chi connectivity index (χ1) is 9.22. The fourth-order valence-corrected chi connectivity index (χ4v) is 3.98. The third-order valence-corrected chi connectivity index (χ3v) is 5.20. The van der Waals surface area contributed by atoms with Gasteiger partial charge >= 0.3 is 0 Å². The lowest BCUT2D eigenvalue weighted by molar-refractivity contribution is -0.0760. The Morgan fingerprint density at radius 1 is 1.05 bits per heavy atom. The maximum atomic E-state index is 6.54. The second kappa shape index (κ2) is 7.64. The molecule has 2 nitrogen and oxygen atoms in total. The first-order valence-electron chi connectivity index (χ1n) is 8.61. The summed E-state index contributed by atoms with van der Waals surface area (Å²) in [7, 11) is 0. The third-order valence-electron chi connectivity index (χ3n) is 5.20.